The molecule has 0 spiro atoms. The van der Waals surface area contributed by atoms with Crippen LogP contribution in [0.25, 0.3) is 0 Å². The standard InChI is InChI=1S/4C18H17N5S.BrH.H3O4P/c4*1-13-14(2)24-18(19-13)23-21-17(15-9-5-3-6-10-15)20-22(23)16-11-7-4-8-12-16;;1-5(2,3)4/h4*3-12H,1-2H3,(H,20,21);1H;(H3,1,2,3,4). The molecule has 0 amide bonds. The zero-order chi connectivity index (χ0) is 70.6. The number of hydrazine groups is 4. The zero-order valence-electron chi connectivity index (χ0n) is 56.6. The number of para-hydroxylation sites is 4. The van der Waals surface area contributed by atoms with Crippen molar-refractivity contribution >= 4 is 120 Å². The van der Waals surface area contributed by atoms with Gasteiger partial charge in [-0.1, -0.05) is 232 Å². The van der Waals surface area contributed by atoms with Crippen molar-refractivity contribution in [2.45, 2.75) is 55.4 Å². The van der Waals surface area contributed by atoms with Gasteiger partial charge in [-0.25, -0.2) is 19.9 Å². The molecule has 0 bridgehead atoms. The van der Waals surface area contributed by atoms with Crippen molar-refractivity contribution in [3.05, 3.63) is 307 Å². The molecule has 0 atom stereocenters. The van der Waals surface area contributed by atoms with Crippen LogP contribution in [0.2, 0.25) is 0 Å². The summed E-state index contributed by atoms with van der Waals surface area (Å²) in [7, 11) is -5.39. The lowest BCUT2D eigenvalue weighted by molar-refractivity contribution is -0.545. The van der Waals surface area contributed by atoms with Gasteiger partial charge in [0.1, 0.15) is 22.7 Å². The van der Waals surface area contributed by atoms with Gasteiger partial charge in [0.2, 0.25) is 20.5 Å². The van der Waals surface area contributed by atoms with Crippen LogP contribution in [0.4, 0.5) is 43.3 Å². The smallest absolute Gasteiger partial charge is 0.277 e. The van der Waals surface area contributed by atoms with Gasteiger partial charge >= 0.3 is 0 Å². The fourth-order valence-electron chi connectivity index (χ4n) is 10.1. The molecule has 520 valence electrons. The van der Waals surface area contributed by atoms with Gasteiger partial charge < -0.3 is 36.2 Å². The Kier molecular flexibility index (Phi) is 24.0. The summed E-state index contributed by atoms with van der Waals surface area (Å²) in [6.45, 7) is 16.5. The molecule has 0 unspecified atom stereocenters. The molecule has 8 N–H and O–H groups in total. The number of amidine groups is 4. The molecule has 4 aliphatic rings. The van der Waals surface area contributed by atoms with E-state index >= 15 is 0 Å². The molecule has 12 aromatic rings. The number of anilines is 8. The lowest BCUT2D eigenvalue weighted by Gasteiger charge is -2.36. The van der Waals surface area contributed by atoms with E-state index in [0.29, 0.717) is 0 Å². The van der Waals surface area contributed by atoms with Crippen molar-refractivity contribution in [2.75, 3.05) is 40.9 Å². The highest BCUT2D eigenvalue weighted by atomic mass is 79.9. The minimum atomic E-state index is -5.39. The Bertz CT molecular complexity index is 4220. The number of hydrogen-bond acceptors (Lipinski definition) is 24. The van der Waals surface area contributed by atoms with Crippen LogP contribution in [-0.2, 0) is 4.57 Å². The molecule has 30 heteroatoms. The number of hydrazone groups is 4. The summed E-state index contributed by atoms with van der Waals surface area (Å²) < 4.78 is 8.55. The summed E-state index contributed by atoms with van der Waals surface area (Å²) in [5.74, 6) is 3.69. The lowest BCUT2D eigenvalue weighted by atomic mass is 10.2. The maximum absolute atomic E-state index is 8.55. The molecule has 16 rings (SSSR count). The fraction of sp³-hybridized carbons (Fsp3) is 0.111. The van der Waals surface area contributed by atoms with E-state index in [9.17, 15) is 0 Å². The Labute approximate surface area is 617 Å². The maximum Gasteiger partial charge on any atom is 0.277 e. The van der Waals surface area contributed by atoms with Crippen molar-refractivity contribution in [3.63, 3.8) is 0 Å². The molecule has 8 aromatic carbocycles. The molecule has 0 aliphatic carbocycles. The summed E-state index contributed by atoms with van der Waals surface area (Å²) in [4.78, 5) is 49.2. The Hall–Kier alpha value is -10.2. The van der Waals surface area contributed by atoms with E-state index in [2.05, 4.69) is 166 Å². The van der Waals surface area contributed by atoms with Gasteiger partial charge in [-0.05, 0) is 152 Å². The number of aromatic nitrogens is 4. The number of aryl methyl sites for hydroxylation is 8. The highest BCUT2D eigenvalue weighted by Gasteiger charge is 2.37. The number of benzene rings is 8. The molecule has 0 saturated carbocycles. The van der Waals surface area contributed by atoms with E-state index in [1.807, 2.05) is 214 Å². The number of rotatable bonds is 12. The highest BCUT2D eigenvalue weighted by molar-refractivity contribution is 7.40. The largest absolute Gasteiger partial charge is 1.00 e. The van der Waals surface area contributed by atoms with Gasteiger partial charge in [-0.3, -0.25) is 0 Å². The molecule has 102 heavy (non-hydrogen) atoms. The Morgan fingerprint density at radius 1 is 0.284 bits per heavy atom. The first-order valence-corrected chi connectivity index (χ1v) is 36.6. The summed E-state index contributed by atoms with van der Waals surface area (Å²) >= 11 is 6.61. The van der Waals surface area contributed by atoms with Gasteiger partial charge in [-0.15, -0.1) is 20.5 Å². The van der Waals surface area contributed by atoms with Crippen LogP contribution < -0.4 is 94.3 Å². The maximum atomic E-state index is 8.55. The van der Waals surface area contributed by atoms with E-state index in [1.54, 1.807) is 45.3 Å². The van der Waals surface area contributed by atoms with Crippen LogP contribution in [0.5, 0.6) is 0 Å². The van der Waals surface area contributed by atoms with E-state index < -0.39 is 7.82 Å². The van der Waals surface area contributed by atoms with E-state index in [1.165, 1.54) is 19.5 Å². The highest BCUT2D eigenvalue weighted by Crippen LogP contribution is 2.34. The minimum Gasteiger partial charge on any atom is -1.00 e. The Balaban J connectivity index is 0.000000133. The number of quaternary nitrogens is 4. The molecule has 4 aromatic heterocycles. The molecule has 0 saturated heterocycles. The van der Waals surface area contributed by atoms with E-state index in [0.717, 1.165) is 112 Å². The topological polar surface area (TPSA) is 280 Å². The Morgan fingerprint density at radius 3 is 0.588 bits per heavy atom. The predicted molar refractivity (Wildman–Crippen MR) is 399 cm³/mol. The van der Waals surface area contributed by atoms with Crippen molar-refractivity contribution in [3.8, 4) is 0 Å². The first kappa shape index (κ1) is 73.0. The van der Waals surface area contributed by atoms with Crippen molar-refractivity contribution in [2.24, 2.45) is 20.4 Å². The number of hydrogen-bond donors (Lipinski definition) is 4. The quantitative estimate of drug-likeness (QED) is 0.0862. The number of thiazole rings is 4. The fourth-order valence-corrected chi connectivity index (χ4v) is 13.6. The normalized spacial score (nSPS) is 13.9. The van der Waals surface area contributed by atoms with Gasteiger partial charge in [-0.2, -0.15) is 29.5 Å². The summed E-state index contributed by atoms with van der Waals surface area (Å²) in [5.41, 5.74) is 21.0. The summed E-state index contributed by atoms with van der Waals surface area (Å²) in [5, 5.41) is 38.4. The van der Waals surface area contributed by atoms with Gasteiger partial charge in [0.05, 0.1) is 45.0 Å². The third-order valence-corrected chi connectivity index (χ3v) is 19.9. The number of nitrogens with zero attached hydrogens (tertiary/aromatic N) is 16. The monoisotopic (exact) mass is 1520 g/mol. The summed E-state index contributed by atoms with van der Waals surface area (Å²) in [6, 6.07) is 81.7. The van der Waals surface area contributed by atoms with Gasteiger partial charge in [0, 0.05) is 19.5 Å². The summed E-state index contributed by atoms with van der Waals surface area (Å²) in [6.07, 6.45) is 0. The first-order chi connectivity index (χ1) is 48.9. The molecule has 4 aliphatic heterocycles. The minimum absolute atomic E-state index is 0. The van der Waals surface area contributed by atoms with Gasteiger partial charge in [0.25, 0.3) is 23.3 Å². The Morgan fingerprint density at radius 2 is 0.441 bits per heavy atom. The molecular formula is C72H72BrN20O4PS4. The average molecular weight is 1520 g/mol. The molecule has 8 heterocycles. The molecular weight excluding hydrogens is 1450 g/mol. The second-order valence-electron chi connectivity index (χ2n) is 22.8. The lowest BCUT2D eigenvalue weighted by Crippen LogP contribution is -3.00. The van der Waals surface area contributed by atoms with Crippen LogP contribution in [0.1, 0.15) is 64.5 Å². The van der Waals surface area contributed by atoms with Crippen LogP contribution >= 0.6 is 53.2 Å². The number of phosphoric acid groups is 1. The van der Waals surface area contributed by atoms with E-state index in [4.69, 9.17) is 39.7 Å². The number of halogens is 1. The third-order valence-electron chi connectivity index (χ3n) is 15.7. The zero-order valence-corrected chi connectivity index (χ0v) is 62.4. The van der Waals surface area contributed by atoms with E-state index in [-0.39, 0.29) is 17.0 Å². The average Bonchev–Trinajstić information content (AvgIpc) is 1.66. The first-order valence-electron chi connectivity index (χ1n) is 31.9. The molecule has 0 radical (unpaired) electrons. The number of nitrogens with two attached hydrogens (primary N) is 4. The third kappa shape index (κ3) is 18.1. The molecule has 24 nitrogen and oxygen atoms in total. The second kappa shape index (κ2) is 33.5. The van der Waals surface area contributed by atoms with Crippen LogP contribution in [0, 0.1) is 55.4 Å². The van der Waals surface area contributed by atoms with Crippen LogP contribution in [0.15, 0.2) is 263 Å². The van der Waals surface area contributed by atoms with Crippen molar-refractivity contribution in [1.29, 1.82) is 0 Å². The van der Waals surface area contributed by atoms with Crippen LogP contribution in [-0.4, -0.2) is 43.3 Å². The predicted octanol–water partition coefficient (Wildman–Crippen LogP) is 5.55. The van der Waals surface area contributed by atoms with Crippen molar-refractivity contribution in [1.82, 2.24) is 19.9 Å². The van der Waals surface area contributed by atoms with Crippen LogP contribution in [0.3, 0.4) is 0 Å². The van der Waals surface area contributed by atoms with Gasteiger partial charge in [0.15, 0.2) is 0 Å². The second-order valence-corrected chi connectivity index (χ2v) is 28.4. The van der Waals surface area contributed by atoms with Crippen molar-refractivity contribution < 1.29 is 57.9 Å². The molecule has 0 fully saturated rings. The SMILES string of the molecule is Cc1nc(N2N=C(c3ccccc3)[NH2+]N2c2ccccc2)sc1C.Cc1nc(N2N=C(c3ccccc3)[NH2+]N2c2ccccc2)sc1C.Cc1nc(N2N=C(c3ccccc3)[NH2+]N2c2ccccc2)sc1C.Cc1nc(N2N=C(c3ccccc3)[NH2+]N2c2ccccc2)sc1C.O=P([O-])([O-])[O-].[Br-].